The van der Waals surface area contributed by atoms with E-state index in [0.717, 1.165) is 24.8 Å². The van der Waals surface area contributed by atoms with Gasteiger partial charge in [-0.1, -0.05) is 11.6 Å². The van der Waals surface area contributed by atoms with E-state index in [2.05, 4.69) is 0 Å². The van der Waals surface area contributed by atoms with E-state index in [4.69, 9.17) is 16.3 Å². The Morgan fingerprint density at radius 3 is 2.81 bits per heavy atom. The second-order valence-corrected chi connectivity index (χ2v) is 5.82. The molecule has 0 N–H and O–H groups in total. The lowest BCUT2D eigenvalue weighted by atomic mass is 9.97. The number of halogens is 1. The molecule has 4 nitrogen and oxygen atoms in total. The molecular weight excluding hydrogens is 290 g/mol. The van der Waals surface area contributed by atoms with Crippen LogP contribution in [-0.4, -0.2) is 36.5 Å². The van der Waals surface area contributed by atoms with E-state index in [1.165, 1.54) is 7.11 Å². The summed E-state index contributed by atoms with van der Waals surface area (Å²) in [5.41, 5.74) is 1.51. The Labute approximate surface area is 130 Å². The number of ether oxygens (including phenoxy) is 1. The van der Waals surface area contributed by atoms with Gasteiger partial charge in [0.25, 0.3) is 5.91 Å². The Balaban J connectivity index is 2.20. The fraction of sp³-hybridized carbons (Fsp3) is 0.500. The molecule has 1 aromatic carbocycles. The maximum absolute atomic E-state index is 12.7. The maximum Gasteiger partial charge on any atom is 0.307 e. The van der Waals surface area contributed by atoms with E-state index in [-0.39, 0.29) is 24.3 Å². The van der Waals surface area contributed by atoms with Crippen molar-refractivity contribution < 1.29 is 14.3 Å². The van der Waals surface area contributed by atoms with Gasteiger partial charge in [-0.2, -0.15) is 0 Å². The molecule has 1 aliphatic rings. The summed E-state index contributed by atoms with van der Waals surface area (Å²) >= 11 is 5.94. The summed E-state index contributed by atoms with van der Waals surface area (Å²) < 4.78 is 4.73. The molecule has 1 unspecified atom stereocenters. The van der Waals surface area contributed by atoms with Crippen LogP contribution in [0.5, 0.6) is 0 Å². The average Bonchev–Trinajstić information content (AvgIpc) is 2.47. The molecule has 114 valence electrons. The molecular formula is C16H20ClNO3. The molecule has 2 rings (SSSR count). The predicted octanol–water partition coefficient (Wildman–Crippen LogP) is 3.21. The molecule has 0 saturated carbocycles. The summed E-state index contributed by atoms with van der Waals surface area (Å²) in [6.07, 6.45) is 3.10. The minimum atomic E-state index is -0.271. The van der Waals surface area contributed by atoms with Gasteiger partial charge in [0.05, 0.1) is 13.5 Å². The normalized spacial score (nSPS) is 18.4. The van der Waals surface area contributed by atoms with Crippen LogP contribution in [0.15, 0.2) is 18.2 Å². The highest BCUT2D eigenvalue weighted by molar-refractivity contribution is 6.30. The van der Waals surface area contributed by atoms with Crippen LogP contribution < -0.4 is 0 Å². The Hall–Kier alpha value is -1.55. The molecule has 0 bridgehead atoms. The van der Waals surface area contributed by atoms with Gasteiger partial charge < -0.3 is 9.64 Å². The maximum atomic E-state index is 12.7. The van der Waals surface area contributed by atoms with Gasteiger partial charge >= 0.3 is 5.97 Å². The highest BCUT2D eigenvalue weighted by Crippen LogP contribution is 2.24. The van der Waals surface area contributed by atoms with Gasteiger partial charge in [0.1, 0.15) is 0 Å². The van der Waals surface area contributed by atoms with Gasteiger partial charge in [0, 0.05) is 23.2 Å². The Morgan fingerprint density at radius 1 is 1.38 bits per heavy atom. The first-order valence-electron chi connectivity index (χ1n) is 7.17. The molecule has 1 saturated heterocycles. The van der Waals surface area contributed by atoms with E-state index in [9.17, 15) is 9.59 Å². The fourth-order valence-electron chi connectivity index (χ4n) is 2.78. The summed E-state index contributed by atoms with van der Waals surface area (Å²) in [4.78, 5) is 26.1. The molecule has 1 atom stereocenters. The standard InChI is InChI=1S/C16H20ClNO3/c1-11-9-12(17)6-7-14(11)16(20)18-8-4-3-5-13(18)10-15(19)21-2/h6-7,9,13H,3-5,8,10H2,1-2H3. The smallest absolute Gasteiger partial charge is 0.307 e. The van der Waals surface area contributed by atoms with Crippen molar-refractivity contribution in [2.75, 3.05) is 13.7 Å². The second kappa shape index (κ2) is 6.94. The van der Waals surface area contributed by atoms with E-state index in [0.29, 0.717) is 17.1 Å². The molecule has 0 radical (unpaired) electrons. The van der Waals surface area contributed by atoms with Crippen LogP contribution in [0.25, 0.3) is 0 Å². The van der Waals surface area contributed by atoms with E-state index < -0.39 is 0 Å². The lowest BCUT2D eigenvalue weighted by Gasteiger charge is -2.35. The lowest BCUT2D eigenvalue weighted by Crippen LogP contribution is -2.45. The van der Waals surface area contributed by atoms with Crippen molar-refractivity contribution in [3.8, 4) is 0 Å². The number of piperidine rings is 1. The third-order valence-corrected chi connectivity index (χ3v) is 4.17. The molecule has 1 aliphatic heterocycles. The fourth-order valence-corrected chi connectivity index (χ4v) is 3.00. The Morgan fingerprint density at radius 2 is 2.14 bits per heavy atom. The zero-order valence-corrected chi connectivity index (χ0v) is 13.2. The van der Waals surface area contributed by atoms with Crippen molar-refractivity contribution in [1.82, 2.24) is 4.90 Å². The molecule has 0 aliphatic carbocycles. The molecule has 1 amide bonds. The number of esters is 1. The van der Waals surface area contributed by atoms with E-state index in [1.54, 1.807) is 23.1 Å². The number of hydrogen-bond acceptors (Lipinski definition) is 3. The van der Waals surface area contributed by atoms with Crippen LogP contribution in [0.3, 0.4) is 0 Å². The van der Waals surface area contributed by atoms with Gasteiger partial charge in [-0.05, 0) is 49.9 Å². The highest BCUT2D eigenvalue weighted by atomic mass is 35.5. The molecule has 0 spiro atoms. The number of aryl methyl sites for hydroxylation is 1. The number of likely N-dealkylation sites (tertiary alicyclic amines) is 1. The predicted molar refractivity (Wildman–Crippen MR) is 81.5 cm³/mol. The van der Waals surface area contributed by atoms with Crippen molar-refractivity contribution in [3.05, 3.63) is 34.3 Å². The SMILES string of the molecule is COC(=O)CC1CCCCN1C(=O)c1ccc(Cl)cc1C. The first-order chi connectivity index (χ1) is 10.0. The average molecular weight is 310 g/mol. The zero-order chi connectivity index (χ0) is 15.4. The van der Waals surface area contributed by atoms with Crippen LogP contribution in [0.1, 0.15) is 41.6 Å². The largest absolute Gasteiger partial charge is 0.469 e. The van der Waals surface area contributed by atoms with Crippen molar-refractivity contribution in [2.24, 2.45) is 0 Å². The van der Waals surface area contributed by atoms with Crippen LogP contribution in [-0.2, 0) is 9.53 Å². The van der Waals surface area contributed by atoms with Crippen LogP contribution in [0, 0.1) is 6.92 Å². The molecule has 5 heteroatoms. The molecule has 1 aromatic rings. The number of hydrogen-bond donors (Lipinski definition) is 0. The minimum absolute atomic E-state index is 0.0298. The summed E-state index contributed by atoms with van der Waals surface area (Å²) in [5, 5.41) is 0.619. The molecule has 1 fully saturated rings. The number of methoxy groups -OCH3 is 1. The van der Waals surface area contributed by atoms with Crippen LogP contribution in [0.4, 0.5) is 0 Å². The monoisotopic (exact) mass is 309 g/mol. The Kier molecular flexibility index (Phi) is 5.23. The highest BCUT2D eigenvalue weighted by Gasteiger charge is 2.30. The van der Waals surface area contributed by atoms with Crippen molar-refractivity contribution in [1.29, 1.82) is 0 Å². The van der Waals surface area contributed by atoms with E-state index >= 15 is 0 Å². The summed E-state index contributed by atoms with van der Waals surface area (Å²) in [6, 6.07) is 5.19. The van der Waals surface area contributed by atoms with E-state index in [1.807, 2.05) is 6.92 Å². The van der Waals surface area contributed by atoms with Crippen LogP contribution in [0.2, 0.25) is 5.02 Å². The number of carbonyl (C=O) groups excluding carboxylic acids is 2. The number of rotatable bonds is 3. The van der Waals surface area contributed by atoms with Crippen molar-refractivity contribution in [2.45, 2.75) is 38.6 Å². The number of nitrogens with zero attached hydrogens (tertiary/aromatic N) is 1. The van der Waals surface area contributed by atoms with Gasteiger partial charge in [-0.3, -0.25) is 9.59 Å². The molecule has 0 aromatic heterocycles. The summed E-state index contributed by atoms with van der Waals surface area (Å²) in [7, 11) is 1.38. The number of benzene rings is 1. The third kappa shape index (κ3) is 3.76. The summed E-state index contributed by atoms with van der Waals surface area (Å²) in [5.74, 6) is -0.301. The molecule has 21 heavy (non-hydrogen) atoms. The minimum Gasteiger partial charge on any atom is -0.469 e. The molecule has 1 heterocycles. The van der Waals surface area contributed by atoms with Crippen molar-refractivity contribution >= 4 is 23.5 Å². The van der Waals surface area contributed by atoms with Gasteiger partial charge in [-0.15, -0.1) is 0 Å². The Bertz CT molecular complexity index is 544. The van der Waals surface area contributed by atoms with Gasteiger partial charge in [0.2, 0.25) is 0 Å². The quantitative estimate of drug-likeness (QED) is 0.806. The van der Waals surface area contributed by atoms with Crippen molar-refractivity contribution in [3.63, 3.8) is 0 Å². The van der Waals surface area contributed by atoms with Crippen LogP contribution >= 0.6 is 11.6 Å². The third-order valence-electron chi connectivity index (χ3n) is 3.94. The van der Waals surface area contributed by atoms with Gasteiger partial charge in [0.15, 0.2) is 0 Å². The second-order valence-electron chi connectivity index (χ2n) is 5.39. The zero-order valence-electron chi connectivity index (χ0n) is 12.4. The first-order valence-corrected chi connectivity index (χ1v) is 7.54. The summed E-state index contributed by atoms with van der Waals surface area (Å²) in [6.45, 7) is 2.56. The number of amides is 1. The number of carbonyl (C=O) groups is 2. The topological polar surface area (TPSA) is 46.6 Å². The lowest BCUT2D eigenvalue weighted by molar-refractivity contribution is -0.142. The first kappa shape index (κ1) is 15.8. The van der Waals surface area contributed by atoms with Gasteiger partial charge in [-0.25, -0.2) is 0 Å².